The van der Waals surface area contributed by atoms with Crippen LogP contribution in [0.1, 0.15) is 10.4 Å². The number of nitrogens with zero attached hydrogens (tertiary/aromatic N) is 3. The van der Waals surface area contributed by atoms with E-state index in [0.29, 0.717) is 43.0 Å². The number of hydrogen-bond acceptors (Lipinski definition) is 7. The van der Waals surface area contributed by atoms with Gasteiger partial charge in [0.1, 0.15) is 5.75 Å². The van der Waals surface area contributed by atoms with Crippen molar-refractivity contribution in [1.29, 1.82) is 0 Å². The summed E-state index contributed by atoms with van der Waals surface area (Å²) in [7, 11) is 1.52. The average molecular weight is 478 g/mol. The smallest absolute Gasteiger partial charge is 0.283 e. The molecule has 0 saturated heterocycles. The van der Waals surface area contributed by atoms with Gasteiger partial charge in [-0.2, -0.15) is 4.52 Å². The number of nitrogens with one attached hydrogen (secondary N) is 2. The Hall–Kier alpha value is -3.95. The molecule has 33 heavy (non-hydrogen) atoms. The summed E-state index contributed by atoms with van der Waals surface area (Å²) in [6, 6.07) is 19.2. The lowest BCUT2D eigenvalue weighted by molar-refractivity contribution is 0.102. The lowest BCUT2D eigenvalue weighted by Gasteiger charge is -2.08. The lowest BCUT2D eigenvalue weighted by atomic mass is 10.1. The third-order valence-electron chi connectivity index (χ3n) is 4.89. The van der Waals surface area contributed by atoms with Gasteiger partial charge >= 0.3 is 0 Å². The summed E-state index contributed by atoms with van der Waals surface area (Å²) in [6.45, 7) is 0. The van der Waals surface area contributed by atoms with Gasteiger partial charge in [-0.05, 0) is 48.5 Å². The molecule has 2 heterocycles. The van der Waals surface area contributed by atoms with Gasteiger partial charge in [-0.25, -0.2) is 4.98 Å². The molecule has 8 nitrogen and oxygen atoms in total. The number of hydrogen-bond donors (Lipinski definition) is 2. The van der Waals surface area contributed by atoms with Crippen molar-refractivity contribution in [2.24, 2.45) is 0 Å². The zero-order valence-corrected chi connectivity index (χ0v) is 18.8. The van der Waals surface area contributed by atoms with E-state index in [1.165, 1.54) is 23.0 Å². The highest BCUT2D eigenvalue weighted by atomic mass is 35.5. The maximum Gasteiger partial charge on any atom is 0.283 e. The molecule has 2 aromatic heterocycles. The average Bonchev–Trinajstić information content (AvgIpc) is 3.22. The third-order valence-corrected chi connectivity index (χ3v) is 6.01. The second-order valence-corrected chi connectivity index (χ2v) is 8.41. The number of methoxy groups -OCH3 is 1. The minimum absolute atomic E-state index is 0.304. The van der Waals surface area contributed by atoms with Crippen molar-refractivity contribution in [3.8, 4) is 5.75 Å². The minimum atomic E-state index is -0.351. The van der Waals surface area contributed by atoms with Gasteiger partial charge in [-0.3, -0.25) is 9.59 Å². The summed E-state index contributed by atoms with van der Waals surface area (Å²) in [5, 5.41) is 11.6. The van der Waals surface area contributed by atoms with E-state index in [4.69, 9.17) is 16.3 Å². The van der Waals surface area contributed by atoms with Crippen LogP contribution >= 0.6 is 22.9 Å². The standard InChI is InChI=1S/C23H16ClN5O3S/c1-32-19-10-8-15(12-17(19)24)25-20(30)13-7-9-16-18(11-13)27-23-29(21(16)31)28-22(33-23)26-14-5-3-2-4-6-14/h2-12H,1H3,(H,25,30)(H,26,28). The number of halogens is 1. The first-order chi connectivity index (χ1) is 16.0. The summed E-state index contributed by atoms with van der Waals surface area (Å²) in [5.41, 5.74) is 1.84. The van der Waals surface area contributed by atoms with Crippen LogP contribution in [-0.2, 0) is 0 Å². The van der Waals surface area contributed by atoms with Crippen molar-refractivity contribution in [3.63, 3.8) is 0 Å². The molecule has 0 bridgehead atoms. The summed E-state index contributed by atoms with van der Waals surface area (Å²) in [5.74, 6) is 0.163. The maximum absolute atomic E-state index is 12.9. The van der Waals surface area contributed by atoms with E-state index in [2.05, 4.69) is 20.7 Å². The van der Waals surface area contributed by atoms with Crippen molar-refractivity contribution in [2.75, 3.05) is 17.7 Å². The van der Waals surface area contributed by atoms with Gasteiger partial charge in [0.2, 0.25) is 10.1 Å². The first kappa shape index (κ1) is 20.9. The number of fused-ring (bicyclic) bond motifs is 2. The molecular weight excluding hydrogens is 462 g/mol. The number of ether oxygens (including phenoxy) is 1. The molecular formula is C23H16ClN5O3S. The quantitative estimate of drug-likeness (QED) is 0.371. The van der Waals surface area contributed by atoms with Crippen LogP contribution in [0.5, 0.6) is 5.75 Å². The molecule has 3 aromatic carbocycles. The molecule has 0 atom stereocenters. The van der Waals surface area contributed by atoms with Gasteiger partial charge in [0.05, 0.1) is 23.0 Å². The Morgan fingerprint density at radius 2 is 1.88 bits per heavy atom. The molecule has 0 aliphatic heterocycles. The van der Waals surface area contributed by atoms with E-state index >= 15 is 0 Å². The second kappa shape index (κ2) is 8.53. The molecule has 0 radical (unpaired) electrons. The molecule has 0 fully saturated rings. The number of carbonyl (C=O) groups is 1. The zero-order valence-electron chi connectivity index (χ0n) is 17.2. The molecule has 0 aliphatic rings. The molecule has 0 saturated carbocycles. The Bertz CT molecular complexity index is 1570. The Morgan fingerprint density at radius 1 is 1.06 bits per heavy atom. The molecule has 0 unspecified atom stereocenters. The zero-order chi connectivity index (χ0) is 22.9. The summed E-state index contributed by atoms with van der Waals surface area (Å²) in [6.07, 6.45) is 0. The molecule has 0 spiro atoms. The third kappa shape index (κ3) is 4.11. The van der Waals surface area contributed by atoms with Crippen LogP contribution in [0.4, 0.5) is 16.5 Å². The monoisotopic (exact) mass is 477 g/mol. The second-order valence-electron chi connectivity index (χ2n) is 7.04. The summed E-state index contributed by atoms with van der Waals surface area (Å²) in [4.78, 5) is 30.7. The summed E-state index contributed by atoms with van der Waals surface area (Å²) >= 11 is 7.38. The number of para-hydroxylation sites is 1. The number of amides is 1. The van der Waals surface area contributed by atoms with Gasteiger partial charge in [-0.1, -0.05) is 41.1 Å². The van der Waals surface area contributed by atoms with Gasteiger partial charge in [-0.15, -0.1) is 5.10 Å². The van der Waals surface area contributed by atoms with Crippen molar-refractivity contribution >= 4 is 61.2 Å². The predicted octanol–water partition coefficient (Wildman–Crippen LogP) is 4.96. The SMILES string of the molecule is COc1ccc(NC(=O)c2ccc3c(=O)n4nc(Nc5ccccc5)sc4nc3c2)cc1Cl. The van der Waals surface area contributed by atoms with E-state index < -0.39 is 0 Å². The van der Waals surface area contributed by atoms with Crippen LogP contribution in [0.25, 0.3) is 15.9 Å². The van der Waals surface area contributed by atoms with Gasteiger partial charge in [0, 0.05) is 16.9 Å². The van der Waals surface area contributed by atoms with E-state index in [1.807, 2.05) is 30.3 Å². The van der Waals surface area contributed by atoms with E-state index in [0.717, 1.165) is 5.69 Å². The van der Waals surface area contributed by atoms with E-state index in [9.17, 15) is 9.59 Å². The lowest BCUT2D eigenvalue weighted by Crippen LogP contribution is -2.16. The molecule has 5 aromatic rings. The van der Waals surface area contributed by atoms with Crippen LogP contribution in [0.2, 0.25) is 5.02 Å². The first-order valence-corrected chi connectivity index (χ1v) is 11.0. The van der Waals surface area contributed by atoms with Crippen molar-refractivity contribution in [1.82, 2.24) is 14.6 Å². The molecule has 1 amide bonds. The van der Waals surface area contributed by atoms with Gasteiger partial charge in [0.15, 0.2) is 0 Å². The Balaban J connectivity index is 1.46. The van der Waals surface area contributed by atoms with Gasteiger partial charge in [0.25, 0.3) is 11.5 Å². The van der Waals surface area contributed by atoms with Crippen molar-refractivity contribution in [2.45, 2.75) is 0 Å². The van der Waals surface area contributed by atoms with Crippen molar-refractivity contribution in [3.05, 3.63) is 87.7 Å². The highest BCUT2D eigenvalue weighted by molar-refractivity contribution is 7.20. The number of carbonyl (C=O) groups excluding carboxylic acids is 1. The fourth-order valence-electron chi connectivity index (χ4n) is 3.29. The normalized spacial score (nSPS) is 11.0. The number of benzene rings is 3. The first-order valence-electron chi connectivity index (χ1n) is 9.82. The van der Waals surface area contributed by atoms with Crippen LogP contribution in [-0.4, -0.2) is 27.6 Å². The van der Waals surface area contributed by atoms with Crippen LogP contribution in [0.3, 0.4) is 0 Å². The molecule has 10 heteroatoms. The molecule has 2 N–H and O–H groups in total. The van der Waals surface area contributed by atoms with E-state index in [1.54, 1.807) is 36.4 Å². The topological polar surface area (TPSA) is 97.6 Å². The number of anilines is 3. The fraction of sp³-hybridized carbons (Fsp3) is 0.0435. The number of rotatable bonds is 5. The Morgan fingerprint density at radius 3 is 2.64 bits per heavy atom. The predicted molar refractivity (Wildman–Crippen MR) is 130 cm³/mol. The molecule has 0 aliphatic carbocycles. The fourth-order valence-corrected chi connectivity index (χ4v) is 4.37. The molecule has 164 valence electrons. The van der Waals surface area contributed by atoms with Crippen LogP contribution in [0, 0.1) is 0 Å². The van der Waals surface area contributed by atoms with E-state index in [-0.39, 0.29) is 11.5 Å². The summed E-state index contributed by atoms with van der Waals surface area (Å²) < 4.78 is 6.39. The largest absolute Gasteiger partial charge is 0.495 e. The Labute approximate surface area is 196 Å². The highest BCUT2D eigenvalue weighted by Crippen LogP contribution is 2.28. The molecule has 5 rings (SSSR count). The van der Waals surface area contributed by atoms with Gasteiger partial charge < -0.3 is 15.4 Å². The minimum Gasteiger partial charge on any atom is -0.495 e. The van der Waals surface area contributed by atoms with Crippen LogP contribution in [0.15, 0.2) is 71.5 Å². The highest BCUT2D eigenvalue weighted by Gasteiger charge is 2.14. The number of aromatic nitrogens is 3. The van der Waals surface area contributed by atoms with Crippen LogP contribution < -0.4 is 20.9 Å². The maximum atomic E-state index is 12.9. The van der Waals surface area contributed by atoms with Crippen molar-refractivity contribution < 1.29 is 9.53 Å². The Kier molecular flexibility index (Phi) is 5.41.